The number of benzene rings is 2. The molecule has 32 nitrogen and oxygen atoms in total. The van der Waals surface area contributed by atoms with Crippen molar-refractivity contribution < 1.29 is 44.1 Å². The van der Waals surface area contributed by atoms with Crippen LogP contribution in [0.1, 0.15) is 111 Å². The number of nitrogens with one attached hydrogen (secondary N) is 9. The van der Waals surface area contributed by atoms with E-state index < -0.39 is 82.3 Å². The number of amides is 3. The summed E-state index contributed by atoms with van der Waals surface area (Å²) in [5.74, 6) is -3.45. The Morgan fingerprint density at radius 3 is 1.67 bits per heavy atom. The van der Waals surface area contributed by atoms with Crippen LogP contribution >= 0.6 is 0 Å². The second-order valence-electron chi connectivity index (χ2n) is 20.8. The summed E-state index contributed by atoms with van der Waals surface area (Å²) in [6.45, 7) is 7.42. The fourth-order valence-corrected chi connectivity index (χ4v) is 8.70. The van der Waals surface area contributed by atoms with E-state index in [0.29, 0.717) is 22.8 Å². The van der Waals surface area contributed by atoms with E-state index >= 15 is 0 Å². The molecule has 0 saturated carbocycles. The molecule has 0 fully saturated rings. The average Bonchev–Trinajstić information content (AvgIpc) is 2.59. The molecule has 4 atom stereocenters. The number of anilines is 4. The molecule has 0 aliphatic heterocycles. The highest BCUT2D eigenvalue weighted by Crippen LogP contribution is 2.21. The molecule has 2 aromatic carbocycles. The van der Waals surface area contributed by atoms with Crippen LogP contribution in [0.2, 0.25) is 0 Å². The second kappa shape index (κ2) is 30.8. The number of ketones is 1. The van der Waals surface area contributed by atoms with E-state index in [4.69, 9.17) is 21.6 Å². The maximum atomic E-state index is 13.5. The highest BCUT2D eigenvalue weighted by atomic mass is 17.1. The van der Waals surface area contributed by atoms with E-state index in [2.05, 4.69) is 92.5 Å². The molecular weight excluding hydrogens is 1110 g/mol. The van der Waals surface area contributed by atoms with Crippen molar-refractivity contribution in [3.63, 3.8) is 0 Å². The third-order valence-corrected chi connectivity index (χ3v) is 13.6. The number of rotatable bonds is 36. The summed E-state index contributed by atoms with van der Waals surface area (Å²) in [5, 5.41) is 42.4. The largest absolute Gasteiger partial charge is 0.481 e. The van der Waals surface area contributed by atoms with E-state index in [9.17, 15) is 48.5 Å². The molecule has 85 heavy (non-hydrogen) atoms. The minimum Gasteiger partial charge on any atom is -0.481 e. The number of carbonyl (C=O) groups is 5. The number of aliphatic carboxylic acids is 1. The molecule has 6 rings (SSSR count). The van der Waals surface area contributed by atoms with Crippen LogP contribution in [0.4, 0.5) is 23.3 Å². The maximum Gasteiger partial charge on any atom is 0.303 e. The number of nitroso groups, excluding NO2 is 2. The van der Waals surface area contributed by atoms with Crippen LogP contribution in [0.25, 0.3) is 22.3 Å². The number of nitrogen functional groups attached to an aromatic ring is 2. The zero-order valence-electron chi connectivity index (χ0n) is 47.1. The summed E-state index contributed by atoms with van der Waals surface area (Å²) < 4.78 is 0. The van der Waals surface area contributed by atoms with Gasteiger partial charge in [0.1, 0.15) is 18.1 Å². The molecule has 4 aromatic heterocycles. The lowest BCUT2D eigenvalue weighted by molar-refractivity contribution is -0.242. The Kier molecular flexibility index (Phi) is 23.5. The van der Waals surface area contributed by atoms with Gasteiger partial charge in [-0.1, -0.05) is 10.4 Å². The third kappa shape index (κ3) is 19.4. The number of hydrogen-bond donors (Lipinski definition) is 13. The van der Waals surface area contributed by atoms with Gasteiger partial charge >= 0.3 is 5.97 Å². The van der Waals surface area contributed by atoms with E-state index in [1.807, 2.05) is 0 Å². The number of hydrogen-bond acceptors (Lipinski definition) is 26. The minimum absolute atomic E-state index is 0.0156. The lowest BCUT2D eigenvalue weighted by Crippen LogP contribution is -2.53. The van der Waals surface area contributed by atoms with Crippen molar-refractivity contribution in [2.75, 3.05) is 48.4 Å². The molecule has 0 spiro atoms. The Morgan fingerprint density at radius 1 is 0.647 bits per heavy atom. The van der Waals surface area contributed by atoms with Crippen LogP contribution in [-0.2, 0) is 37.2 Å². The average molecular weight is 1180 g/mol. The Bertz CT molecular complexity index is 3420. The van der Waals surface area contributed by atoms with Gasteiger partial charge in [0, 0.05) is 54.0 Å². The van der Waals surface area contributed by atoms with Crippen LogP contribution in [0.5, 0.6) is 0 Å². The van der Waals surface area contributed by atoms with Gasteiger partial charge in [-0.3, -0.25) is 53.6 Å². The third-order valence-electron chi connectivity index (χ3n) is 13.6. The quantitative estimate of drug-likeness (QED) is 0.0116. The number of carboxylic acid groups (broad SMARTS) is 1. The van der Waals surface area contributed by atoms with Crippen LogP contribution in [0.3, 0.4) is 0 Å². The number of carbonyl (C=O) groups excluding carboxylic acids is 4. The standard InChI is InChI=1S/C53H69N19O13/c1-52(2,39(71-82)20-21-56-47(78)36(7-6-23-85-83)65-46(77)30-12-16-32(17-13-30)58-26-34-28-60-44-42(63-34)49(80)69-51(55)67-44)61-22-24-84-72-53(3,4)38(70-81)9-5-8-37(73)35(18-19-40(74)75)64-45(76)29-10-14-31(15-11-29)57-25-33-27-59-43-41(62-33)48(79)68-50(54)66-43/h10-17,27-28,35-36,38-39,57-58,61,72,83H,5-9,18-26H2,1-4H3,(H,56,78)(H,64,76)(H,65,77)(H,74,75)(H3,54,59,66,68,79)(H3,55,60,67,69,80). The van der Waals surface area contributed by atoms with Gasteiger partial charge < -0.3 is 48.5 Å². The monoisotopic (exact) mass is 1180 g/mol. The fourth-order valence-electron chi connectivity index (χ4n) is 8.70. The van der Waals surface area contributed by atoms with Crippen LogP contribution < -0.4 is 60.0 Å². The predicted octanol–water partition coefficient (Wildman–Crippen LogP) is 2.34. The van der Waals surface area contributed by atoms with Gasteiger partial charge in [0.15, 0.2) is 28.1 Å². The highest BCUT2D eigenvalue weighted by molar-refractivity contribution is 5.99. The first-order valence-electron chi connectivity index (χ1n) is 27.0. The number of nitrogens with zero attached hydrogens (tertiary/aromatic N) is 8. The summed E-state index contributed by atoms with van der Waals surface area (Å²) in [6.07, 6.45) is 2.99. The lowest BCUT2D eigenvalue weighted by Gasteiger charge is -2.32. The summed E-state index contributed by atoms with van der Waals surface area (Å²) >= 11 is 0. The van der Waals surface area contributed by atoms with Gasteiger partial charge in [0.25, 0.3) is 22.9 Å². The number of carboxylic acids is 1. The molecule has 0 aliphatic rings. The molecule has 4 unspecified atom stereocenters. The molecule has 3 amide bonds. The number of H-pyrrole nitrogens is 2. The summed E-state index contributed by atoms with van der Waals surface area (Å²) in [4.78, 5) is 153. The predicted molar refractivity (Wildman–Crippen MR) is 310 cm³/mol. The molecule has 15 N–H and O–H groups in total. The SMILES string of the molecule is CC(C)(NCCONC(C)(C)C(CCCC(=O)C(CCC(=O)O)NC(=O)c1ccc(NCc2cnc3nc(N)[nH]c(=O)c3n2)cc1)N=O)C(CCNC(=O)C(CCCOO)NC(=O)c1ccc(NCc2cnc3nc(N)[nH]c(=O)c3n2)cc1)N=O. The van der Waals surface area contributed by atoms with Crippen LogP contribution in [0, 0.1) is 9.81 Å². The normalized spacial score (nSPS) is 13.0. The van der Waals surface area contributed by atoms with Gasteiger partial charge in [0.05, 0.1) is 61.7 Å². The first kappa shape index (κ1) is 64.8. The molecule has 454 valence electrons. The summed E-state index contributed by atoms with van der Waals surface area (Å²) in [5.41, 5.74) is 13.8. The number of fused-ring (bicyclic) bond motifs is 2. The van der Waals surface area contributed by atoms with Crippen molar-refractivity contribution in [2.24, 2.45) is 10.4 Å². The number of nitrogens with two attached hydrogens (primary N) is 2. The smallest absolute Gasteiger partial charge is 0.303 e. The fraction of sp³-hybridized carbons (Fsp3) is 0.453. The van der Waals surface area contributed by atoms with E-state index in [1.54, 1.807) is 64.1 Å². The maximum absolute atomic E-state index is 13.5. The molecule has 0 saturated heterocycles. The van der Waals surface area contributed by atoms with Crippen molar-refractivity contribution in [2.45, 2.75) is 127 Å². The van der Waals surface area contributed by atoms with Gasteiger partial charge in [-0.15, -0.1) is 0 Å². The van der Waals surface area contributed by atoms with Crippen LogP contribution in [0.15, 0.2) is 80.9 Å². The Balaban J connectivity index is 0.900. The zero-order valence-corrected chi connectivity index (χ0v) is 47.1. The van der Waals surface area contributed by atoms with E-state index in [0.717, 1.165) is 0 Å². The van der Waals surface area contributed by atoms with E-state index in [1.165, 1.54) is 24.5 Å². The molecule has 6 aromatic rings. The molecule has 0 aliphatic carbocycles. The molecule has 0 bridgehead atoms. The first-order chi connectivity index (χ1) is 40.6. The van der Waals surface area contributed by atoms with Gasteiger partial charge in [-0.25, -0.2) is 24.8 Å². The lowest BCUT2D eigenvalue weighted by atomic mass is 9.91. The molecule has 0 radical (unpaired) electrons. The number of aromatic amines is 2. The molecule has 4 heterocycles. The highest BCUT2D eigenvalue weighted by Gasteiger charge is 2.33. The number of Topliss-reactive ketones (excluding diaryl/α,β-unsaturated/α-hetero) is 1. The first-order valence-corrected chi connectivity index (χ1v) is 27.0. The van der Waals surface area contributed by atoms with Crippen molar-refractivity contribution in [3.8, 4) is 0 Å². The van der Waals surface area contributed by atoms with Crippen LogP contribution in [-0.4, -0.2) is 141 Å². The van der Waals surface area contributed by atoms with Crippen molar-refractivity contribution in [3.05, 3.63) is 114 Å². The van der Waals surface area contributed by atoms with Gasteiger partial charge in [0.2, 0.25) is 17.8 Å². The molecule has 32 heteroatoms. The topological polar surface area (TPSA) is 482 Å². The number of hydroxylamine groups is 1. The minimum atomic E-state index is -1.16. The summed E-state index contributed by atoms with van der Waals surface area (Å²) in [6, 6.07) is 8.75. The summed E-state index contributed by atoms with van der Waals surface area (Å²) in [7, 11) is 0. The van der Waals surface area contributed by atoms with Gasteiger partial charge in [-0.2, -0.15) is 25.3 Å². The van der Waals surface area contributed by atoms with Gasteiger partial charge in [-0.05, 0) is 115 Å². The number of aromatic nitrogens is 8. The van der Waals surface area contributed by atoms with Crippen molar-refractivity contribution >= 4 is 75.1 Å². The Labute approximate surface area is 484 Å². The second-order valence-corrected chi connectivity index (χ2v) is 20.8. The van der Waals surface area contributed by atoms with Crippen molar-refractivity contribution in [1.29, 1.82) is 0 Å². The Hall–Kier alpha value is -9.37. The van der Waals surface area contributed by atoms with E-state index in [-0.39, 0.29) is 130 Å². The molecular formula is C53H69N19O13. The zero-order chi connectivity index (χ0) is 61.7. The van der Waals surface area contributed by atoms with Crippen molar-refractivity contribution in [1.82, 2.24) is 66.6 Å². The Morgan fingerprint density at radius 2 is 1.16 bits per heavy atom.